The lowest BCUT2D eigenvalue weighted by Gasteiger charge is -2.20. The van der Waals surface area contributed by atoms with Crippen molar-refractivity contribution in [3.05, 3.63) is 64.1 Å². The molecule has 0 amide bonds. The van der Waals surface area contributed by atoms with Crippen molar-refractivity contribution in [2.75, 3.05) is 18.5 Å². The fourth-order valence-corrected chi connectivity index (χ4v) is 2.63. The van der Waals surface area contributed by atoms with E-state index in [1.165, 1.54) is 16.8 Å². The fourth-order valence-electron chi connectivity index (χ4n) is 2.13. The van der Waals surface area contributed by atoms with Gasteiger partial charge in [-0.3, -0.25) is 0 Å². The quantitative estimate of drug-likeness (QED) is 0.852. The molecule has 0 heterocycles. The Morgan fingerprint density at radius 1 is 1.10 bits per heavy atom. The van der Waals surface area contributed by atoms with Gasteiger partial charge >= 0.3 is 0 Å². The second-order valence-corrected chi connectivity index (χ2v) is 5.75. The molecule has 0 saturated carbocycles. The molecule has 0 spiro atoms. The third-order valence-corrected chi connectivity index (χ3v) is 4.04. The molecule has 1 N–H and O–H groups in total. The van der Waals surface area contributed by atoms with E-state index < -0.39 is 0 Å². The minimum Gasteiger partial charge on any atom is -0.370 e. The third-order valence-electron chi connectivity index (χ3n) is 3.31. The molecule has 0 fully saturated rings. The molecule has 2 nitrogen and oxygen atoms in total. The lowest BCUT2D eigenvalue weighted by molar-refractivity contribution is 0.724. The SMILES string of the molecule is CCNCc1ccc(N(C)Cc2ccccc2)cc1Br. The standard InChI is InChI=1S/C17H21BrN2/c1-3-19-12-15-9-10-16(11-17(15)18)20(2)13-14-7-5-4-6-8-14/h4-11,19H,3,12-13H2,1-2H3. The third kappa shape index (κ3) is 4.09. The normalized spacial score (nSPS) is 10.6. The summed E-state index contributed by atoms with van der Waals surface area (Å²) in [5.74, 6) is 0. The van der Waals surface area contributed by atoms with E-state index in [-0.39, 0.29) is 0 Å². The molecule has 0 atom stereocenters. The smallest absolute Gasteiger partial charge is 0.0426 e. The number of hydrogen-bond acceptors (Lipinski definition) is 2. The van der Waals surface area contributed by atoms with Gasteiger partial charge in [-0.25, -0.2) is 0 Å². The highest BCUT2D eigenvalue weighted by atomic mass is 79.9. The fraction of sp³-hybridized carbons (Fsp3) is 0.294. The summed E-state index contributed by atoms with van der Waals surface area (Å²) in [4.78, 5) is 2.26. The number of nitrogens with one attached hydrogen (secondary N) is 1. The van der Waals surface area contributed by atoms with E-state index in [9.17, 15) is 0 Å². The second-order valence-electron chi connectivity index (χ2n) is 4.90. The van der Waals surface area contributed by atoms with E-state index in [1.807, 2.05) is 0 Å². The van der Waals surface area contributed by atoms with Crippen LogP contribution < -0.4 is 10.2 Å². The highest BCUT2D eigenvalue weighted by Crippen LogP contribution is 2.24. The van der Waals surface area contributed by atoms with Crippen LogP contribution in [-0.2, 0) is 13.1 Å². The van der Waals surface area contributed by atoms with Crippen LogP contribution in [0.2, 0.25) is 0 Å². The maximum Gasteiger partial charge on any atom is 0.0426 e. The van der Waals surface area contributed by atoms with Gasteiger partial charge in [-0.2, -0.15) is 0 Å². The van der Waals surface area contributed by atoms with Gasteiger partial charge in [0.25, 0.3) is 0 Å². The Bertz CT molecular complexity index is 540. The zero-order valence-corrected chi connectivity index (χ0v) is 13.7. The summed E-state index contributed by atoms with van der Waals surface area (Å²) < 4.78 is 1.16. The van der Waals surface area contributed by atoms with Crippen molar-refractivity contribution in [1.29, 1.82) is 0 Å². The van der Waals surface area contributed by atoms with Gasteiger partial charge < -0.3 is 10.2 Å². The zero-order valence-electron chi connectivity index (χ0n) is 12.1. The molecule has 20 heavy (non-hydrogen) atoms. The molecular weight excluding hydrogens is 312 g/mol. The molecule has 106 valence electrons. The van der Waals surface area contributed by atoms with Crippen molar-refractivity contribution in [2.24, 2.45) is 0 Å². The first-order valence-corrected chi connectivity index (χ1v) is 7.74. The van der Waals surface area contributed by atoms with Crippen LogP contribution in [0.25, 0.3) is 0 Å². The van der Waals surface area contributed by atoms with Crippen LogP contribution in [0.4, 0.5) is 5.69 Å². The van der Waals surface area contributed by atoms with E-state index in [0.29, 0.717) is 0 Å². The van der Waals surface area contributed by atoms with Crippen LogP contribution in [0.15, 0.2) is 53.0 Å². The Labute approximate surface area is 129 Å². The molecule has 2 aromatic rings. The maximum atomic E-state index is 3.66. The van der Waals surface area contributed by atoms with Crippen LogP contribution in [0.3, 0.4) is 0 Å². The minimum absolute atomic E-state index is 0.903. The van der Waals surface area contributed by atoms with Crippen LogP contribution >= 0.6 is 15.9 Å². The molecule has 0 bridgehead atoms. The van der Waals surface area contributed by atoms with E-state index >= 15 is 0 Å². The molecule has 0 aliphatic heterocycles. The molecule has 0 radical (unpaired) electrons. The van der Waals surface area contributed by atoms with E-state index in [4.69, 9.17) is 0 Å². The summed E-state index contributed by atoms with van der Waals surface area (Å²) in [5.41, 5.74) is 3.84. The first kappa shape index (κ1) is 15.1. The highest BCUT2D eigenvalue weighted by Gasteiger charge is 2.05. The summed E-state index contributed by atoms with van der Waals surface area (Å²) in [6.07, 6.45) is 0. The van der Waals surface area contributed by atoms with Crippen molar-refractivity contribution < 1.29 is 0 Å². The van der Waals surface area contributed by atoms with Crippen LogP contribution in [0.1, 0.15) is 18.1 Å². The topological polar surface area (TPSA) is 15.3 Å². The van der Waals surface area contributed by atoms with Gasteiger partial charge in [0.15, 0.2) is 0 Å². The van der Waals surface area contributed by atoms with Crippen molar-refractivity contribution in [3.8, 4) is 0 Å². The van der Waals surface area contributed by atoms with Crippen LogP contribution in [0.5, 0.6) is 0 Å². The monoisotopic (exact) mass is 332 g/mol. The number of rotatable bonds is 6. The lowest BCUT2D eigenvalue weighted by atomic mass is 10.1. The van der Waals surface area contributed by atoms with Crippen molar-refractivity contribution in [3.63, 3.8) is 0 Å². The van der Waals surface area contributed by atoms with Gasteiger partial charge in [-0.1, -0.05) is 59.3 Å². The summed E-state index contributed by atoms with van der Waals surface area (Å²) >= 11 is 3.66. The molecule has 0 aliphatic rings. The van der Waals surface area contributed by atoms with Crippen LogP contribution in [-0.4, -0.2) is 13.6 Å². The van der Waals surface area contributed by atoms with E-state index in [0.717, 1.165) is 24.1 Å². The Balaban J connectivity index is 2.07. The van der Waals surface area contributed by atoms with Gasteiger partial charge in [0.2, 0.25) is 0 Å². The molecule has 0 aromatic heterocycles. The second kappa shape index (κ2) is 7.46. The van der Waals surface area contributed by atoms with Crippen molar-refractivity contribution in [1.82, 2.24) is 5.32 Å². The first-order chi connectivity index (χ1) is 9.70. The van der Waals surface area contributed by atoms with Gasteiger partial charge in [-0.15, -0.1) is 0 Å². The van der Waals surface area contributed by atoms with Crippen molar-refractivity contribution >= 4 is 21.6 Å². The lowest BCUT2D eigenvalue weighted by Crippen LogP contribution is -2.17. The molecule has 0 unspecified atom stereocenters. The number of halogens is 1. The first-order valence-electron chi connectivity index (χ1n) is 6.95. The van der Waals surface area contributed by atoms with Gasteiger partial charge in [0.05, 0.1) is 0 Å². The maximum absolute atomic E-state index is 3.66. The molecule has 2 aromatic carbocycles. The predicted molar refractivity (Wildman–Crippen MR) is 90.1 cm³/mol. The Hall–Kier alpha value is -1.32. The summed E-state index contributed by atoms with van der Waals surface area (Å²) in [7, 11) is 2.12. The van der Waals surface area contributed by atoms with Crippen molar-refractivity contribution in [2.45, 2.75) is 20.0 Å². The number of benzene rings is 2. The average molecular weight is 333 g/mol. The van der Waals surface area contributed by atoms with Gasteiger partial charge in [-0.05, 0) is 29.8 Å². The van der Waals surface area contributed by atoms with Gasteiger partial charge in [0.1, 0.15) is 0 Å². The molecular formula is C17H21BrN2. The number of hydrogen-bond donors (Lipinski definition) is 1. The summed E-state index contributed by atoms with van der Waals surface area (Å²) in [6.45, 7) is 4.93. The Morgan fingerprint density at radius 2 is 1.85 bits per heavy atom. The van der Waals surface area contributed by atoms with Crippen LogP contribution in [0, 0.1) is 0 Å². The summed E-state index contributed by atoms with van der Waals surface area (Å²) in [6, 6.07) is 17.1. The zero-order chi connectivity index (χ0) is 14.4. The Kier molecular flexibility index (Phi) is 5.62. The minimum atomic E-state index is 0.903. The number of nitrogens with zero attached hydrogens (tertiary/aromatic N) is 1. The Morgan fingerprint density at radius 3 is 2.50 bits per heavy atom. The summed E-state index contributed by atoms with van der Waals surface area (Å²) in [5, 5.41) is 3.35. The molecule has 2 rings (SSSR count). The van der Waals surface area contributed by atoms with Gasteiger partial charge in [0, 0.05) is 30.3 Å². The number of anilines is 1. The van der Waals surface area contributed by atoms with E-state index in [2.05, 4.69) is 88.6 Å². The molecule has 0 saturated heterocycles. The average Bonchev–Trinajstić information content (AvgIpc) is 2.47. The largest absolute Gasteiger partial charge is 0.370 e. The highest BCUT2D eigenvalue weighted by molar-refractivity contribution is 9.10. The molecule has 3 heteroatoms. The predicted octanol–water partition coefficient (Wildman–Crippen LogP) is 4.20. The molecule has 0 aliphatic carbocycles. The van der Waals surface area contributed by atoms with E-state index in [1.54, 1.807) is 0 Å².